The van der Waals surface area contributed by atoms with Gasteiger partial charge in [-0.3, -0.25) is 14.5 Å². The van der Waals surface area contributed by atoms with Gasteiger partial charge in [0, 0.05) is 5.69 Å². The predicted octanol–water partition coefficient (Wildman–Crippen LogP) is 4.91. The number of anilines is 1. The van der Waals surface area contributed by atoms with E-state index in [2.05, 4.69) is 4.98 Å². The van der Waals surface area contributed by atoms with Gasteiger partial charge in [0.05, 0.1) is 39.3 Å². The Balaban J connectivity index is 1.90. The number of ether oxygens (including phenoxy) is 1. The molecule has 2 aromatic carbocycles. The Kier molecular flexibility index (Phi) is 5.66. The van der Waals surface area contributed by atoms with Gasteiger partial charge < -0.3 is 14.9 Å². The van der Waals surface area contributed by atoms with Crippen molar-refractivity contribution in [3.05, 3.63) is 80.0 Å². The first-order valence-corrected chi connectivity index (χ1v) is 10.8. The number of carbonyl (C=O) groups is 2. The molecule has 2 N–H and O–H groups in total. The zero-order valence-corrected chi connectivity index (χ0v) is 19.0. The summed E-state index contributed by atoms with van der Waals surface area (Å²) in [6.45, 7) is 3.48. The highest BCUT2D eigenvalue weighted by Gasteiger charge is 2.45. The maximum absolute atomic E-state index is 13.5. The molecule has 0 bridgehead atoms. The van der Waals surface area contributed by atoms with Crippen molar-refractivity contribution in [3.63, 3.8) is 0 Å². The highest BCUT2D eigenvalue weighted by atomic mass is 35.5. The summed E-state index contributed by atoms with van der Waals surface area (Å²) >= 11 is 7.47. The molecule has 0 saturated carbocycles. The number of hydrogen-bond acceptors (Lipinski definition) is 7. The quantitative estimate of drug-likeness (QED) is 0.514. The van der Waals surface area contributed by atoms with E-state index in [0.717, 1.165) is 0 Å². The number of phenols is 1. The number of benzene rings is 2. The van der Waals surface area contributed by atoms with Crippen LogP contribution in [0, 0.1) is 13.8 Å². The SMILES string of the molecule is COc1ccc(N2C(=O)C(O)=C(C(=O)c3sc(C)nc3C)C2c2cccc(O)c2)cc1Cl. The molecular formula is C23H19ClN2O5S. The molecule has 0 saturated heterocycles. The number of phenolic OH excluding ortho intramolecular Hbond substituents is 1. The summed E-state index contributed by atoms with van der Waals surface area (Å²) in [7, 11) is 1.47. The summed E-state index contributed by atoms with van der Waals surface area (Å²) in [5.41, 5.74) is 1.25. The number of methoxy groups -OCH3 is 1. The average molecular weight is 471 g/mol. The Morgan fingerprint density at radius 3 is 2.53 bits per heavy atom. The van der Waals surface area contributed by atoms with Gasteiger partial charge in [0.1, 0.15) is 11.5 Å². The Bertz CT molecular complexity index is 1280. The van der Waals surface area contributed by atoms with Crippen LogP contribution in [-0.4, -0.2) is 34.0 Å². The topological polar surface area (TPSA) is 100.0 Å². The highest BCUT2D eigenvalue weighted by molar-refractivity contribution is 7.14. The van der Waals surface area contributed by atoms with E-state index in [-0.39, 0.29) is 16.3 Å². The normalized spacial score (nSPS) is 16.1. The molecule has 1 atom stereocenters. The number of Topliss-reactive ketones (excluding diaryl/α,β-unsaturated/α-hetero) is 1. The summed E-state index contributed by atoms with van der Waals surface area (Å²) in [4.78, 5) is 32.6. The number of ketones is 1. The van der Waals surface area contributed by atoms with Crippen LogP contribution in [0.3, 0.4) is 0 Å². The van der Waals surface area contributed by atoms with Gasteiger partial charge in [0.25, 0.3) is 5.91 Å². The summed E-state index contributed by atoms with van der Waals surface area (Å²) in [6, 6.07) is 9.97. The van der Waals surface area contributed by atoms with E-state index < -0.39 is 23.5 Å². The van der Waals surface area contributed by atoms with Gasteiger partial charge in [0.15, 0.2) is 5.76 Å². The Labute approximate surface area is 193 Å². The van der Waals surface area contributed by atoms with E-state index in [1.54, 1.807) is 38.1 Å². The fraction of sp³-hybridized carbons (Fsp3) is 0.174. The van der Waals surface area contributed by atoms with Crippen molar-refractivity contribution in [2.45, 2.75) is 19.9 Å². The van der Waals surface area contributed by atoms with Crippen LogP contribution in [0.2, 0.25) is 5.02 Å². The number of aliphatic hydroxyl groups excluding tert-OH is 1. The second kappa shape index (κ2) is 8.29. The van der Waals surface area contributed by atoms with Gasteiger partial charge >= 0.3 is 0 Å². The number of carbonyl (C=O) groups excluding carboxylic acids is 2. The third-order valence-electron chi connectivity index (χ3n) is 5.16. The van der Waals surface area contributed by atoms with Crippen molar-refractivity contribution in [1.29, 1.82) is 0 Å². The first-order chi connectivity index (χ1) is 15.2. The molecular weight excluding hydrogens is 452 g/mol. The maximum atomic E-state index is 13.5. The molecule has 32 heavy (non-hydrogen) atoms. The first-order valence-electron chi connectivity index (χ1n) is 9.60. The van der Waals surface area contributed by atoms with Crippen molar-refractivity contribution in [1.82, 2.24) is 4.98 Å². The number of aromatic nitrogens is 1. The van der Waals surface area contributed by atoms with E-state index in [4.69, 9.17) is 16.3 Å². The molecule has 1 aliphatic heterocycles. The van der Waals surface area contributed by atoms with Crippen molar-refractivity contribution in [2.24, 2.45) is 0 Å². The third kappa shape index (κ3) is 3.61. The lowest BCUT2D eigenvalue weighted by Crippen LogP contribution is -2.31. The van der Waals surface area contributed by atoms with Gasteiger partial charge in [-0.25, -0.2) is 4.98 Å². The van der Waals surface area contributed by atoms with E-state index in [0.29, 0.717) is 32.6 Å². The van der Waals surface area contributed by atoms with E-state index in [9.17, 15) is 19.8 Å². The van der Waals surface area contributed by atoms with E-state index in [1.807, 2.05) is 0 Å². The third-order valence-corrected chi connectivity index (χ3v) is 6.53. The average Bonchev–Trinajstić information content (AvgIpc) is 3.23. The number of hydrogen-bond donors (Lipinski definition) is 2. The van der Waals surface area contributed by atoms with Crippen LogP contribution in [-0.2, 0) is 4.79 Å². The molecule has 1 amide bonds. The van der Waals surface area contributed by atoms with Gasteiger partial charge in [0.2, 0.25) is 5.78 Å². The summed E-state index contributed by atoms with van der Waals surface area (Å²) in [5, 5.41) is 21.8. The maximum Gasteiger partial charge on any atom is 0.294 e. The monoisotopic (exact) mass is 470 g/mol. The molecule has 7 nitrogen and oxygen atoms in total. The number of nitrogens with zero attached hydrogens (tertiary/aromatic N) is 2. The number of amides is 1. The van der Waals surface area contributed by atoms with Crippen LogP contribution in [0.25, 0.3) is 0 Å². The van der Waals surface area contributed by atoms with Gasteiger partial charge in [-0.05, 0) is 49.7 Å². The lowest BCUT2D eigenvalue weighted by molar-refractivity contribution is -0.117. The Hall–Kier alpha value is -3.36. The molecule has 1 aliphatic rings. The minimum Gasteiger partial charge on any atom is -0.508 e. The molecule has 4 rings (SSSR count). The molecule has 0 fully saturated rings. The first kappa shape index (κ1) is 21.9. The second-order valence-corrected chi connectivity index (χ2v) is 8.84. The number of aryl methyl sites for hydroxylation is 2. The Morgan fingerprint density at radius 2 is 1.94 bits per heavy atom. The number of rotatable bonds is 5. The molecule has 0 spiro atoms. The second-order valence-electron chi connectivity index (χ2n) is 7.23. The van der Waals surface area contributed by atoms with Gasteiger partial charge in [-0.15, -0.1) is 11.3 Å². The van der Waals surface area contributed by atoms with Crippen molar-refractivity contribution in [3.8, 4) is 11.5 Å². The predicted molar refractivity (Wildman–Crippen MR) is 122 cm³/mol. The summed E-state index contributed by atoms with van der Waals surface area (Å²) < 4.78 is 5.18. The molecule has 0 radical (unpaired) electrons. The number of thiazole rings is 1. The number of halogens is 1. The molecule has 3 aromatic rings. The van der Waals surface area contributed by atoms with Crippen LogP contribution in [0.5, 0.6) is 11.5 Å². The van der Waals surface area contributed by atoms with Crippen molar-refractivity contribution < 1.29 is 24.5 Å². The molecule has 164 valence electrons. The van der Waals surface area contributed by atoms with Crippen LogP contribution in [0.4, 0.5) is 5.69 Å². The largest absolute Gasteiger partial charge is 0.508 e. The summed E-state index contributed by atoms with van der Waals surface area (Å²) in [5.74, 6) is -1.51. The zero-order chi connectivity index (χ0) is 23.2. The number of aliphatic hydroxyl groups is 1. The van der Waals surface area contributed by atoms with Crippen molar-refractivity contribution >= 4 is 40.3 Å². The van der Waals surface area contributed by atoms with E-state index >= 15 is 0 Å². The lowest BCUT2D eigenvalue weighted by Gasteiger charge is -2.27. The molecule has 1 aromatic heterocycles. The number of aromatic hydroxyl groups is 1. The standard InChI is InChI=1S/C23H19ClN2O5S/c1-11-22(32-12(2)25-11)20(28)18-19(13-5-4-6-15(27)9-13)26(23(30)21(18)29)14-7-8-17(31-3)16(24)10-14/h4-10,19,27,29H,1-3H3. The van der Waals surface area contributed by atoms with Crippen LogP contribution in [0.1, 0.15) is 32.0 Å². The fourth-order valence-electron chi connectivity index (χ4n) is 3.78. The molecule has 2 heterocycles. The summed E-state index contributed by atoms with van der Waals surface area (Å²) in [6.07, 6.45) is 0. The highest BCUT2D eigenvalue weighted by Crippen LogP contribution is 2.44. The van der Waals surface area contributed by atoms with Gasteiger partial charge in [-0.2, -0.15) is 0 Å². The Morgan fingerprint density at radius 1 is 1.19 bits per heavy atom. The van der Waals surface area contributed by atoms with Gasteiger partial charge in [-0.1, -0.05) is 23.7 Å². The fourth-order valence-corrected chi connectivity index (χ4v) is 4.91. The molecule has 0 aliphatic carbocycles. The van der Waals surface area contributed by atoms with Crippen molar-refractivity contribution in [2.75, 3.05) is 12.0 Å². The van der Waals surface area contributed by atoms with Crippen LogP contribution in [0.15, 0.2) is 53.8 Å². The molecule has 1 unspecified atom stereocenters. The lowest BCUT2D eigenvalue weighted by atomic mass is 9.94. The smallest absolute Gasteiger partial charge is 0.294 e. The van der Waals surface area contributed by atoms with Crippen LogP contribution < -0.4 is 9.64 Å². The van der Waals surface area contributed by atoms with Crippen LogP contribution >= 0.6 is 22.9 Å². The molecule has 9 heteroatoms. The minimum absolute atomic E-state index is 0.0364. The van der Waals surface area contributed by atoms with E-state index in [1.165, 1.54) is 41.5 Å². The zero-order valence-electron chi connectivity index (χ0n) is 17.4. The minimum atomic E-state index is -0.978.